The minimum Gasteiger partial charge on any atom is -0.267 e. The van der Waals surface area contributed by atoms with Gasteiger partial charge in [-0.15, -0.1) is 0 Å². The number of anilines is 2. The third-order valence-corrected chi connectivity index (χ3v) is 3.35. The Kier molecular flexibility index (Phi) is 4.34. The molecule has 0 spiro atoms. The average Bonchev–Trinajstić information content (AvgIpc) is 2.61. The quantitative estimate of drug-likeness (QED) is 0.729. The second-order valence-electron chi connectivity index (χ2n) is 4.95. The number of hydrazine groups is 1. The fourth-order valence-electron chi connectivity index (χ4n) is 2.20. The molecule has 3 aromatic carbocycles. The summed E-state index contributed by atoms with van der Waals surface area (Å²) in [4.78, 5) is 12.4. The molecule has 0 unspecified atom stereocenters. The maximum Gasteiger partial charge on any atom is 0.270 e. The molecule has 0 aliphatic heterocycles. The van der Waals surface area contributed by atoms with Crippen LogP contribution < -0.4 is 10.4 Å². The number of hydrogen-bond donors (Lipinski definition) is 1. The predicted octanol–water partition coefficient (Wildman–Crippen LogP) is 4.31. The molecule has 0 saturated carbocycles. The van der Waals surface area contributed by atoms with Crippen molar-refractivity contribution in [2.45, 2.75) is 0 Å². The number of hydrogen-bond acceptors (Lipinski definition) is 2. The summed E-state index contributed by atoms with van der Waals surface area (Å²) in [5.74, 6) is -0.678. The first-order chi connectivity index (χ1) is 11.2. The number of carbonyl (C=O) groups excluding carboxylic acids is 1. The number of halogens is 1. The van der Waals surface area contributed by atoms with Gasteiger partial charge in [-0.05, 0) is 48.5 Å². The lowest BCUT2D eigenvalue weighted by Crippen LogP contribution is -2.38. The van der Waals surface area contributed by atoms with Crippen LogP contribution >= 0.6 is 0 Å². The van der Waals surface area contributed by atoms with E-state index in [4.69, 9.17) is 0 Å². The Morgan fingerprint density at radius 2 is 1.22 bits per heavy atom. The summed E-state index contributed by atoms with van der Waals surface area (Å²) in [5, 5.41) is 1.70. The van der Waals surface area contributed by atoms with Crippen molar-refractivity contribution in [1.82, 2.24) is 5.43 Å². The normalized spacial score (nSPS) is 10.1. The van der Waals surface area contributed by atoms with Crippen LogP contribution in [0.5, 0.6) is 0 Å². The number of benzene rings is 3. The molecule has 1 amide bonds. The van der Waals surface area contributed by atoms with E-state index in [1.165, 1.54) is 24.3 Å². The van der Waals surface area contributed by atoms with E-state index in [0.717, 1.165) is 11.4 Å². The zero-order valence-electron chi connectivity index (χ0n) is 12.3. The molecule has 0 aliphatic rings. The molecule has 0 aliphatic carbocycles. The van der Waals surface area contributed by atoms with E-state index in [9.17, 15) is 9.18 Å². The van der Waals surface area contributed by atoms with Crippen LogP contribution in [0.4, 0.5) is 15.8 Å². The fraction of sp³-hybridized carbons (Fsp3) is 0. The van der Waals surface area contributed by atoms with Crippen molar-refractivity contribution >= 4 is 17.3 Å². The van der Waals surface area contributed by atoms with Crippen LogP contribution in [0.3, 0.4) is 0 Å². The molecular weight excluding hydrogens is 291 g/mol. The van der Waals surface area contributed by atoms with Gasteiger partial charge < -0.3 is 0 Å². The lowest BCUT2D eigenvalue weighted by atomic mass is 10.2. The zero-order chi connectivity index (χ0) is 16.1. The summed E-state index contributed by atoms with van der Waals surface area (Å²) >= 11 is 0. The van der Waals surface area contributed by atoms with E-state index >= 15 is 0 Å². The second kappa shape index (κ2) is 6.75. The highest BCUT2D eigenvalue weighted by molar-refractivity contribution is 5.96. The Morgan fingerprint density at radius 3 is 1.70 bits per heavy atom. The van der Waals surface area contributed by atoms with E-state index in [1.54, 1.807) is 5.01 Å². The molecule has 1 N–H and O–H groups in total. The van der Waals surface area contributed by atoms with Crippen LogP contribution in [0, 0.1) is 5.82 Å². The monoisotopic (exact) mass is 306 g/mol. The number of carbonyl (C=O) groups is 1. The molecule has 0 saturated heterocycles. The van der Waals surface area contributed by atoms with E-state index in [1.807, 2.05) is 60.7 Å². The van der Waals surface area contributed by atoms with Crippen LogP contribution in [-0.4, -0.2) is 5.91 Å². The zero-order valence-corrected chi connectivity index (χ0v) is 12.3. The summed E-state index contributed by atoms with van der Waals surface area (Å²) in [5.41, 5.74) is 4.91. The van der Waals surface area contributed by atoms with Gasteiger partial charge in [-0.3, -0.25) is 15.2 Å². The first-order valence-electron chi connectivity index (χ1n) is 7.21. The highest BCUT2D eigenvalue weighted by Crippen LogP contribution is 2.22. The van der Waals surface area contributed by atoms with E-state index < -0.39 is 0 Å². The maximum atomic E-state index is 13.0. The largest absolute Gasteiger partial charge is 0.270 e. The number of nitrogens with zero attached hydrogens (tertiary/aromatic N) is 1. The van der Waals surface area contributed by atoms with Crippen molar-refractivity contribution in [2.75, 3.05) is 5.01 Å². The molecule has 0 radical (unpaired) electrons. The molecule has 23 heavy (non-hydrogen) atoms. The predicted molar refractivity (Wildman–Crippen MR) is 88.9 cm³/mol. The van der Waals surface area contributed by atoms with Crippen molar-refractivity contribution in [3.63, 3.8) is 0 Å². The van der Waals surface area contributed by atoms with Gasteiger partial charge in [0.05, 0.1) is 11.4 Å². The molecule has 0 atom stereocenters. The van der Waals surface area contributed by atoms with Crippen LogP contribution in [-0.2, 0) is 0 Å². The van der Waals surface area contributed by atoms with Crippen molar-refractivity contribution in [3.8, 4) is 0 Å². The Bertz CT molecular complexity index is 734. The smallest absolute Gasteiger partial charge is 0.267 e. The van der Waals surface area contributed by atoms with Crippen molar-refractivity contribution in [2.24, 2.45) is 0 Å². The second-order valence-corrected chi connectivity index (χ2v) is 4.95. The molecular formula is C19H15FN2O. The molecule has 0 fully saturated rings. The number of para-hydroxylation sites is 2. The highest BCUT2D eigenvalue weighted by atomic mass is 19.1. The van der Waals surface area contributed by atoms with E-state index in [0.29, 0.717) is 5.56 Å². The third kappa shape index (κ3) is 3.55. The average molecular weight is 306 g/mol. The lowest BCUT2D eigenvalue weighted by molar-refractivity contribution is 0.0953. The third-order valence-electron chi connectivity index (χ3n) is 3.35. The fourth-order valence-corrected chi connectivity index (χ4v) is 2.20. The van der Waals surface area contributed by atoms with Gasteiger partial charge in [-0.2, -0.15) is 0 Å². The van der Waals surface area contributed by atoms with Gasteiger partial charge in [0, 0.05) is 5.56 Å². The van der Waals surface area contributed by atoms with Crippen molar-refractivity contribution in [3.05, 3.63) is 96.3 Å². The van der Waals surface area contributed by atoms with E-state index in [-0.39, 0.29) is 11.7 Å². The molecule has 0 bridgehead atoms. The van der Waals surface area contributed by atoms with Crippen LogP contribution in [0.15, 0.2) is 84.9 Å². The minimum absolute atomic E-state index is 0.308. The molecule has 3 rings (SSSR count). The molecule has 114 valence electrons. The van der Waals surface area contributed by atoms with Gasteiger partial charge >= 0.3 is 0 Å². The Hall–Kier alpha value is -3.14. The lowest BCUT2D eigenvalue weighted by Gasteiger charge is -2.25. The SMILES string of the molecule is O=C(NN(c1ccccc1)c1ccccc1)c1ccc(F)cc1. The molecule has 3 nitrogen and oxygen atoms in total. The van der Waals surface area contributed by atoms with Gasteiger partial charge in [-0.25, -0.2) is 4.39 Å². The molecule has 0 heterocycles. The summed E-state index contributed by atoms with van der Waals surface area (Å²) in [6.07, 6.45) is 0. The van der Waals surface area contributed by atoms with Gasteiger partial charge in [0.2, 0.25) is 0 Å². The van der Waals surface area contributed by atoms with Crippen LogP contribution in [0.1, 0.15) is 10.4 Å². The van der Waals surface area contributed by atoms with Crippen LogP contribution in [0.25, 0.3) is 0 Å². The number of rotatable bonds is 4. The number of nitrogens with one attached hydrogen (secondary N) is 1. The van der Waals surface area contributed by atoms with E-state index in [2.05, 4.69) is 5.43 Å². The molecule has 4 heteroatoms. The first kappa shape index (κ1) is 14.8. The van der Waals surface area contributed by atoms with Crippen LogP contribution in [0.2, 0.25) is 0 Å². The molecule has 0 aromatic heterocycles. The first-order valence-corrected chi connectivity index (χ1v) is 7.21. The number of amides is 1. The Morgan fingerprint density at radius 1 is 0.739 bits per heavy atom. The summed E-state index contributed by atoms with van der Waals surface area (Å²) in [6.45, 7) is 0. The summed E-state index contributed by atoms with van der Waals surface area (Å²) in [6, 6.07) is 24.5. The Balaban J connectivity index is 1.90. The van der Waals surface area contributed by atoms with Gasteiger partial charge in [0.15, 0.2) is 0 Å². The van der Waals surface area contributed by atoms with Gasteiger partial charge in [0.1, 0.15) is 5.82 Å². The van der Waals surface area contributed by atoms with Crippen molar-refractivity contribution in [1.29, 1.82) is 0 Å². The summed E-state index contributed by atoms with van der Waals surface area (Å²) in [7, 11) is 0. The topological polar surface area (TPSA) is 32.3 Å². The maximum absolute atomic E-state index is 13.0. The summed E-state index contributed by atoms with van der Waals surface area (Å²) < 4.78 is 13.0. The highest BCUT2D eigenvalue weighted by Gasteiger charge is 2.13. The van der Waals surface area contributed by atoms with Crippen molar-refractivity contribution < 1.29 is 9.18 Å². The van der Waals surface area contributed by atoms with Gasteiger partial charge in [-0.1, -0.05) is 36.4 Å². The minimum atomic E-state index is -0.371. The van der Waals surface area contributed by atoms with Gasteiger partial charge in [0.25, 0.3) is 5.91 Å². The standard InChI is InChI=1S/C19H15FN2O/c20-16-13-11-15(12-14-16)19(23)21-22(17-7-3-1-4-8-17)18-9-5-2-6-10-18/h1-14H,(H,21,23). The molecule has 3 aromatic rings. The Labute approximate surface area is 134 Å².